The third kappa shape index (κ3) is 4.48. The van der Waals surface area contributed by atoms with Crippen LogP contribution in [0.5, 0.6) is 0 Å². The van der Waals surface area contributed by atoms with Crippen LogP contribution in [-0.2, 0) is 0 Å². The van der Waals surface area contributed by atoms with Gasteiger partial charge in [-0.15, -0.1) is 6.58 Å². The van der Waals surface area contributed by atoms with E-state index < -0.39 is 5.92 Å². The monoisotopic (exact) mass is 148 g/mol. The molecule has 0 aliphatic rings. The first kappa shape index (κ1) is 9.60. The van der Waals surface area contributed by atoms with Gasteiger partial charge in [0, 0.05) is 12.8 Å². The number of rotatable bonds is 4. The van der Waals surface area contributed by atoms with Crippen LogP contribution < -0.4 is 0 Å². The number of halogens is 2. The first-order valence-corrected chi connectivity index (χ1v) is 3.50. The molecule has 0 aromatic rings. The Morgan fingerprint density at radius 3 is 2.30 bits per heavy atom. The van der Waals surface area contributed by atoms with E-state index >= 15 is 0 Å². The van der Waals surface area contributed by atoms with Crippen LogP contribution in [0.4, 0.5) is 8.78 Å². The highest BCUT2D eigenvalue weighted by Crippen LogP contribution is 2.25. The normalized spacial score (nSPS) is 11.6. The summed E-state index contributed by atoms with van der Waals surface area (Å²) in [6.45, 7) is 6.83. The van der Waals surface area contributed by atoms with Gasteiger partial charge in [-0.3, -0.25) is 0 Å². The SMILES string of the molecule is C=C(C)CCC(F)(F)CC. The summed E-state index contributed by atoms with van der Waals surface area (Å²) in [5, 5.41) is 0. The van der Waals surface area contributed by atoms with Crippen LogP contribution in [0, 0.1) is 0 Å². The lowest BCUT2D eigenvalue weighted by atomic mass is 10.1. The minimum Gasteiger partial charge on any atom is -0.207 e. The van der Waals surface area contributed by atoms with Crippen LogP contribution in [0.25, 0.3) is 0 Å². The summed E-state index contributed by atoms with van der Waals surface area (Å²) in [4.78, 5) is 0. The second-order valence-corrected chi connectivity index (χ2v) is 2.67. The van der Waals surface area contributed by atoms with Crippen molar-refractivity contribution in [3.8, 4) is 0 Å². The van der Waals surface area contributed by atoms with Crippen LogP contribution in [0.2, 0.25) is 0 Å². The van der Waals surface area contributed by atoms with Crippen molar-refractivity contribution in [2.75, 3.05) is 0 Å². The average molecular weight is 148 g/mol. The molecule has 0 aromatic carbocycles. The van der Waals surface area contributed by atoms with Crippen molar-refractivity contribution in [3.63, 3.8) is 0 Å². The molecule has 10 heavy (non-hydrogen) atoms. The molecule has 0 unspecified atom stereocenters. The summed E-state index contributed by atoms with van der Waals surface area (Å²) in [6.07, 6.45) is 0.306. The van der Waals surface area contributed by atoms with Gasteiger partial charge >= 0.3 is 0 Å². The first-order chi connectivity index (χ1) is 4.48. The Morgan fingerprint density at radius 1 is 1.50 bits per heavy atom. The Labute approximate surface area is 60.9 Å². The van der Waals surface area contributed by atoms with Crippen molar-refractivity contribution in [1.29, 1.82) is 0 Å². The largest absolute Gasteiger partial charge is 0.248 e. The predicted molar refractivity (Wildman–Crippen MR) is 39.3 cm³/mol. The van der Waals surface area contributed by atoms with Gasteiger partial charge in [-0.05, 0) is 13.3 Å². The van der Waals surface area contributed by atoms with E-state index in [1.165, 1.54) is 6.92 Å². The molecule has 0 radical (unpaired) electrons. The fourth-order valence-electron chi connectivity index (χ4n) is 0.573. The zero-order valence-electron chi connectivity index (χ0n) is 6.58. The zero-order valence-corrected chi connectivity index (χ0v) is 6.58. The maximum absolute atomic E-state index is 12.5. The zero-order chi connectivity index (χ0) is 8.20. The lowest BCUT2D eigenvalue weighted by Crippen LogP contribution is -2.13. The highest BCUT2D eigenvalue weighted by molar-refractivity contribution is 4.89. The Kier molecular flexibility index (Phi) is 3.54. The van der Waals surface area contributed by atoms with Gasteiger partial charge in [0.05, 0.1) is 0 Å². The summed E-state index contributed by atoms with van der Waals surface area (Å²) in [7, 11) is 0. The van der Waals surface area contributed by atoms with Crippen LogP contribution >= 0.6 is 0 Å². The second kappa shape index (κ2) is 3.69. The summed E-state index contributed by atoms with van der Waals surface area (Å²) in [5.74, 6) is -2.49. The Bertz CT molecular complexity index is 116. The lowest BCUT2D eigenvalue weighted by Gasteiger charge is -2.12. The molecule has 0 bridgehead atoms. The molecule has 0 fully saturated rings. The number of alkyl halides is 2. The lowest BCUT2D eigenvalue weighted by molar-refractivity contribution is -0.0109. The molecule has 0 heterocycles. The van der Waals surface area contributed by atoms with E-state index in [4.69, 9.17) is 0 Å². The molecule has 0 nitrogen and oxygen atoms in total. The van der Waals surface area contributed by atoms with Gasteiger partial charge in [-0.25, -0.2) is 8.78 Å². The third-order valence-electron chi connectivity index (χ3n) is 1.43. The van der Waals surface area contributed by atoms with E-state index in [1.54, 1.807) is 6.92 Å². The van der Waals surface area contributed by atoms with Crippen LogP contribution in [0.1, 0.15) is 33.1 Å². The van der Waals surface area contributed by atoms with Gasteiger partial charge in [-0.1, -0.05) is 12.5 Å². The molecule has 0 aliphatic heterocycles. The molecule has 60 valence electrons. The number of hydrogen-bond acceptors (Lipinski definition) is 0. The molecule has 0 aliphatic carbocycles. The molecule has 0 saturated carbocycles. The van der Waals surface area contributed by atoms with E-state index in [1.807, 2.05) is 0 Å². The van der Waals surface area contributed by atoms with Crippen molar-refractivity contribution < 1.29 is 8.78 Å². The first-order valence-electron chi connectivity index (χ1n) is 3.50. The Hall–Kier alpha value is -0.400. The molecular formula is C8H14F2. The van der Waals surface area contributed by atoms with E-state index in [0.717, 1.165) is 5.57 Å². The molecule has 0 atom stereocenters. The molecule has 0 N–H and O–H groups in total. The number of allylic oxidation sites excluding steroid dienone is 1. The Morgan fingerprint density at radius 2 is 2.00 bits per heavy atom. The van der Waals surface area contributed by atoms with E-state index in [2.05, 4.69) is 6.58 Å². The molecular weight excluding hydrogens is 134 g/mol. The van der Waals surface area contributed by atoms with Crippen molar-refractivity contribution in [1.82, 2.24) is 0 Å². The number of hydrogen-bond donors (Lipinski definition) is 0. The van der Waals surface area contributed by atoms with Crippen molar-refractivity contribution >= 4 is 0 Å². The molecule has 0 rings (SSSR count). The topological polar surface area (TPSA) is 0 Å². The van der Waals surface area contributed by atoms with E-state index in [-0.39, 0.29) is 12.8 Å². The van der Waals surface area contributed by atoms with Gasteiger partial charge in [-0.2, -0.15) is 0 Å². The highest BCUT2D eigenvalue weighted by Gasteiger charge is 2.24. The molecule has 0 saturated heterocycles. The minimum atomic E-state index is -2.49. The predicted octanol–water partition coefficient (Wildman–Crippen LogP) is 3.39. The van der Waals surface area contributed by atoms with E-state index in [9.17, 15) is 8.78 Å². The van der Waals surface area contributed by atoms with Gasteiger partial charge < -0.3 is 0 Å². The summed E-state index contributed by atoms with van der Waals surface area (Å²) >= 11 is 0. The summed E-state index contributed by atoms with van der Waals surface area (Å²) in [6, 6.07) is 0. The van der Waals surface area contributed by atoms with Crippen molar-refractivity contribution in [2.45, 2.75) is 39.0 Å². The third-order valence-corrected chi connectivity index (χ3v) is 1.43. The molecule has 0 aromatic heterocycles. The van der Waals surface area contributed by atoms with Gasteiger partial charge in [0.25, 0.3) is 0 Å². The summed E-state index contributed by atoms with van der Waals surface area (Å²) in [5.41, 5.74) is 0.827. The minimum absolute atomic E-state index is 0.0567. The average Bonchev–Trinajstić information content (AvgIpc) is 1.85. The molecule has 2 heteroatoms. The molecule has 0 spiro atoms. The smallest absolute Gasteiger partial charge is 0.207 e. The maximum atomic E-state index is 12.5. The highest BCUT2D eigenvalue weighted by atomic mass is 19.3. The van der Waals surface area contributed by atoms with Gasteiger partial charge in [0.15, 0.2) is 0 Å². The molecule has 0 amide bonds. The fraction of sp³-hybridized carbons (Fsp3) is 0.750. The Balaban J connectivity index is 3.56. The van der Waals surface area contributed by atoms with Crippen LogP contribution in [0.15, 0.2) is 12.2 Å². The maximum Gasteiger partial charge on any atom is 0.248 e. The fourth-order valence-corrected chi connectivity index (χ4v) is 0.573. The van der Waals surface area contributed by atoms with Crippen LogP contribution in [-0.4, -0.2) is 5.92 Å². The van der Waals surface area contributed by atoms with Gasteiger partial charge in [0.1, 0.15) is 0 Å². The van der Waals surface area contributed by atoms with E-state index in [0.29, 0.717) is 6.42 Å². The summed E-state index contributed by atoms with van der Waals surface area (Å²) < 4.78 is 24.9. The standard InChI is InChI=1S/C8H14F2/c1-4-8(9,10)6-5-7(2)3/h2,4-6H2,1,3H3. The van der Waals surface area contributed by atoms with Crippen molar-refractivity contribution in [2.24, 2.45) is 0 Å². The second-order valence-electron chi connectivity index (χ2n) is 2.67. The quantitative estimate of drug-likeness (QED) is 0.536. The van der Waals surface area contributed by atoms with Gasteiger partial charge in [0.2, 0.25) is 5.92 Å². The van der Waals surface area contributed by atoms with Crippen LogP contribution in [0.3, 0.4) is 0 Å². The van der Waals surface area contributed by atoms with Crippen molar-refractivity contribution in [3.05, 3.63) is 12.2 Å².